The summed E-state index contributed by atoms with van der Waals surface area (Å²) in [5, 5.41) is 4.94. The summed E-state index contributed by atoms with van der Waals surface area (Å²) in [7, 11) is 0. The minimum Gasteiger partial charge on any atom is -0.434 e. The van der Waals surface area contributed by atoms with Crippen molar-refractivity contribution in [2.24, 2.45) is 9.98 Å². The monoisotopic (exact) mass is 633 g/mol. The molecule has 8 rings (SSSR count). The molecule has 11 heteroatoms. The van der Waals surface area contributed by atoms with Gasteiger partial charge in [-0.15, -0.1) is 0 Å². The number of hydrogen-bond donors (Lipinski definition) is 0. The van der Waals surface area contributed by atoms with Gasteiger partial charge in [0.05, 0.1) is 28.8 Å². The van der Waals surface area contributed by atoms with Crippen molar-refractivity contribution in [3.63, 3.8) is 0 Å². The number of aromatic nitrogens is 2. The minimum absolute atomic E-state index is 0.0843. The molecule has 3 aliphatic heterocycles. The molecule has 1 saturated heterocycles. The van der Waals surface area contributed by atoms with Crippen LogP contribution >= 0.6 is 0 Å². The third kappa shape index (κ3) is 5.08. The van der Waals surface area contributed by atoms with E-state index in [1.165, 1.54) is 12.1 Å². The van der Waals surface area contributed by atoms with E-state index in [1.54, 1.807) is 24.3 Å². The van der Waals surface area contributed by atoms with Crippen molar-refractivity contribution < 1.29 is 17.9 Å². The highest BCUT2D eigenvalue weighted by molar-refractivity contribution is 6.48. The highest BCUT2D eigenvalue weighted by Gasteiger charge is 2.44. The van der Waals surface area contributed by atoms with Crippen LogP contribution in [0.3, 0.4) is 0 Å². The Balaban J connectivity index is 1.29. The van der Waals surface area contributed by atoms with E-state index in [0.29, 0.717) is 49.2 Å². The maximum Gasteiger partial charge on any atom is 0.387 e. The van der Waals surface area contributed by atoms with Crippen molar-refractivity contribution in [1.29, 1.82) is 0 Å². The second-order valence-electron chi connectivity index (χ2n) is 11.6. The van der Waals surface area contributed by atoms with Crippen molar-refractivity contribution >= 4 is 34.6 Å². The number of para-hydroxylation sites is 4. The molecule has 236 valence electrons. The number of aryl methyl sites for hydroxylation is 1. The smallest absolute Gasteiger partial charge is 0.387 e. The molecule has 0 N–H and O–H groups in total. The van der Waals surface area contributed by atoms with Crippen molar-refractivity contribution in [3.8, 4) is 11.4 Å². The van der Waals surface area contributed by atoms with Gasteiger partial charge < -0.3 is 19.4 Å². The Bertz CT molecular complexity index is 2000. The molecule has 1 fully saturated rings. The fourth-order valence-electron chi connectivity index (χ4n) is 6.69. The highest BCUT2D eigenvalue weighted by atomic mass is 19.3. The summed E-state index contributed by atoms with van der Waals surface area (Å²) in [5.74, 6) is 1.71. The second-order valence-corrected chi connectivity index (χ2v) is 11.6. The molecular weight excluding hydrogens is 603 g/mol. The maximum absolute atomic E-state index is 13.8. The summed E-state index contributed by atoms with van der Waals surface area (Å²) in [6, 6.07) is 30.4. The lowest BCUT2D eigenvalue weighted by Crippen LogP contribution is -2.55. The summed E-state index contributed by atoms with van der Waals surface area (Å²) in [6.45, 7) is 1.60. The van der Waals surface area contributed by atoms with Gasteiger partial charge in [0.2, 0.25) is 0 Å². The van der Waals surface area contributed by atoms with Crippen LogP contribution in [0.2, 0.25) is 0 Å². The first-order valence-electron chi connectivity index (χ1n) is 15.5. The number of anilines is 2. The van der Waals surface area contributed by atoms with Gasteiger partial charge >= 0.3 is 6.61 Å². The predicted octanol–water partition coefficient (Wildman–Crippen LogP) is 7.43. The van der Waals surface area contributed by atoms with E-state index in [9.17, 15) is 13.2 Å². The molecule has 4 heterocycles. The minimum atomic E-state index is -3.00. The topological polar surface area (TPSA) is 61.5 Å². The number of halogens is 3. The summed E-state index contributed by atoms with van der Waals surface area (Å²) < 4.78 is 48.1. The van der Waals surface area contributed by atoms with Crippen LogP contribution < -0.4 is 14.5 Å². The Labute approximate surface area is 269 Å². The average Bonchev–Trinajstić information content (AvgIpc) is 3.43. The van der Waals surface area contributed by atoms with Crippen LogP contribution in [-0.4, -0.2) is 59.1 Å². The summed E-state index contributed by atoms with van der Waals surface area (Å²) in [5.41, 5.74) is 5.41. The van der Waals surface area contributed by atoms with Crippen molar-refractivity contribution in [3.05, 3.63) is 126 Å². The van der Waals surface area contributed by atoms with E-state index in [-0.39, 0.29) is 11.6 Å². The highest BCUT2D eigenvalue weighted by Crippen LogP contribution is 2.50. The molecule has 5 aromatic rings. The molecule has 0 unspecified atom stereocenters. The molecule has 4 aromatic carbocycles. The molecule has 3 aliphatic rings. The number of ether oxygens (including phenoxy) is 1. The van der Waals surface area contributed by atoms with Crippen molar-refractivity contribution in [2.45, 2.75) is 19.6 Å². The van der Waals surface area contributed by atoms with Gasteiger partial charge in [-0.25, -0.2) is 19.1 Å². The van der Waals surface area contributed by atoms with Gasteiger partial charge in [0.1, 0.15) is 11.6 Å². The largest absolute Gasteiger partial charge is 0.434 e. The number of hydrogen-bond acceptors (Lipinski definition) is 7. The quantitative estimate of drug-likeness (QED) is 0.202. The third-order valence-corrected chi connectivity index (χ3v) is 8.82. The van der Waals surface area contributed by atoms with E-state index in [4.69, 9.17) is 19.8 Å². The number of alkyl halides is 2. The molecule has 0 radical (unpaired) electrons. The third-order valence-electron chi connectivity index (χ3n) is 8.82. The first-order valence-corrected chi connectivity index (χ1v) is 15.5. The first-order chi connectivity index (χ1) is 23.0. The summed E-state index contributed by atoms with van der Waals surface area (Å²) in [6.07, 6.45) is 0. The Morgan fingerprint density at radius 2 is 1.40 bits per heavy atom. The van der Waals surface area contributed by atoms with Crippen LogP contribution in [0.25, 0.3) is 5.69 Å². The van der Waals surface area contributed by atoms with Gasteiger partial charge in [0.25, 0.3) is 0 Å². The van der Waals surface area contributed by atoms with Crippen LogP contribution in [0.1, 0.15) is 22.9 Å². The van der Waals surface area contributed by atoms with Crippen LogP contribution in [0.5, 0.6) is 5.75 Å². The fourth-order valence-corrected chi connectivity index (χ4v) is 6.69. The van der Waals surface area contributed by atoms with Crippen LogP contribution in [-0.2, 0) is 0 Å². The van der Waals surface area contributed by atoms with Gasteiger partial charge in [0, 0.05) is 43.0 Å². The van der Waals surface area contributed by atoms with Gasteiger partial charge in [0.15, 0.2) is 17.5 Å². The first kappa shape index (κ1) is 28.9. The van der Waals surface area contributed by atoms with Gasteiger partial charge in [-0.2, -0.15) is 13.9 Å². The van der Waals surface area contributed by atoms with E-state index >= 15 is 0 Å². The van der Waals surface area contributed by atoms with Crippen molar-refractivity contribution in [1.82, 2.24) is 14.7 Å². The van der Waals surface area contributed by atoms with Crippen LogP contribution in [0.4, 0.5) is 36.1 Å². The zero-order chi connectivity index (χ0) is 32.1. The number of fused-ring (bicyclic) bond motifs is 4. The number of nitrogens with zero attached hydrogens (tertiary/aromatic N) is 7. The SMILES string of the molecule is Cc1nn(-c2ccccc2)c2c1[C@H](c1ccccc1OC(F)F)N1C(=N2)C(N2CCN(c3ccc(F)cc3)CC2)=Nc2ccccc21. The molecular formula is C36H30F3N7O. The van der Waals surface area contributed by atoms with Crippen molar-refractivity contribution in [2.75, 3.05) is 36.0 Å². The molecule has 0 spiro atoms. The fraction of sp³-hybridized carbons (Fsp3) is 0.194. The Kier molecular flexibility index (Phi) is 7.16. The Hall–Kier alpha value is -5.58. The molecule has 0 amide bonds. The molecule has 0 aliphatic carbocycles. The standard InChI is InChI=1S/C36H30F3N7O/c1-23-31-32(27-11-5-8-14-30(27)47-36(38)39)45-29-13-7-6-12-28(29)40-34(35(45)41-33(31)46(42-23)26-9-3-2-4-10-26)44-21-19-43(20-22-44)25-17-15-24(37)16-18-25/h2-18,32,36H,19-22H2,1H3/t32-/m0/s1. The number of aliphatic imine (C=N–C) groups is 2. The lowest BCUT2D eigenvalue weighted by atomic mass is 9.92. The second kappa shape index (κ2) is 11.7. The van der Waals surface area contributed by atoms with E-state index in [1.807, 2.05) is 78.3 Å². The average molecular weight is 634 g/mol. The van der Waals surface area contributed by atoms with E-state index < -0.39 is 12.7 Å². The Morgan fingerprint density at radius 1 is 0.723 bits per heavy atom. The molecule has 1 atom stereocenters. The maximum atomic E-state index is 13.8. The molecule has 0 saturated carbocycles. The molecule has 1 aromatic heterocycles. The molecule has 47 heavy (non-hydrogen) atoms. The number of benzene rings is 4. The van der Waals surface area contributed by atoms with Gasteiger partial charge in [-0.1, -0.05) is 48.5 Å². The van der Waals surface area contributed by atoms with Crippen LogP contribution in [0.15, 0.2) is 113 Å². The predicted molar refractivity (Wildman–Crippen MR) is 177 cm³/mol. The summed E-state index contributed by atoms with van der Waals surface area (Å²) in [4.78, 5) is 17.0. The number of amidine groups is 2. The van der Waals surface area contributed by atoms with E-state index in [0.717, 1.165) is 34.0 Å². The summed E-state index contributed by atoms with van der Waals surface area (Å²) >= 11 is 0. The lowest BCUT2D eigenvalue weighted by Gasteiger charge is -2.44. The van der Waals surface area contributed by atoms with Crippen LogP contribution in [0, 0.1) is 12.7 Å². The van der Waals surface area contributed by atoms with Gasteiger partial charge in [-0.3, -0.25) is 0 Å². The zero-order valence-corrected chi connectivity index (χ0v) is 25.5. The Morgan fingerprint density at radius 3 is 2.17 bits per heavy atom. The van der Waals surface area contributed by atoms with Gasteiger partial charge in [-0.05, 0) is 61.5 Å². The normalized spacial score (nSPS) is 17.1. The molecule has 8 nitrogen and oxygen atoms in total. The molecule has 0 bridgehead atoms. The zero-order valence-electron chi connectivity index (χ0n) is 25.5. The number of piperazine rings is 1. The lowest BCUT2D eigenvalue weighted by molar-refractivity contribution is -0.0505. The number of rotatable bonds is 5. The van der Waals surface area contributed by atoms with E-state index in [2.05, 4.69) is 14.7 Å².